The third kappa shape index (κ3) is 3.48. The third-order valence-electron chi connectivity index (χ3n) is 4.02. The molecule has 3 rings (SSSR count). The number of nitrogens with zero attached hydrogens (tertiary/aromatic N) is 2. The van der Waals surface area contributed by atoms with Gasteiger partial charge >= 0.3 is 0 Å². The Bertz CT molecular complexity index is 812. The number of thioether (sulfide) groups is 1. The van der Waals surface area contributed by atoms with Crippen LogP contribution in [-0.2, 0) is 17.6 Å². The second-order valence-corrected chi connectivity index (χ2v) is 7.67. The molecular formula is C19H22N2OS2. The molecule has 3 aromatic rings. The number of thiophene rings is 1. The molecule has 2 heterocycles. The fourth-order valence-electron chi connectivity index (χ4n) is 2.75. The highest BCUT2D eigenvalue weighted by Crippen LogP contribution is 2.41. The number of aryl methyl sites for hydroxylation is 2. The average Bonchev–Trinajstić information content (AvgIpc) is 3.01. The molecule has 126 valence electrons. The van der Waals surface area contributed by atoms with E-state index in [1.165, 1.54) is 27.0 Å². The van der Waals surface area contributed by atoms with Gasteiger partial charge in [0.05, 0.1) is 12.0 Å². The van der Waals surface area contributed by atoms with Crippen molar-refractivity contribution in [1.82, 2.24) is 9.97 Å². The van der Waals surface area contributed by atoms with Crippen LogP contribution in [0.3, 0.4) is 0 Å². The van der Waals surface area contributed by atoms with Crippen molar-refractivity contribution in [3.05, 3.63) is 41.0 Å². The Morgan fingerprint density at radius 1 is 1.08 bits per heavy atom. The molecule has 0 N–H and O–H groups in total. The zero-order chi connectivity index (χ0) is 16.9. The molecule has 0 spiro atoms. The SMILES string of the molecule is CCc1ccc(-c2c(CC)sc3ncnc(SCCOC)c23)cc1. The Morgan fingerprint density at radius 3 is 2.54 bits per heavy atom. The van der Waals surface area contributed by atoms with Gasteiger partial charge in [-0.25, -0.2) is 9.97 Å². The van der Waals surface area contributed by atoms with Crippen molar-refractivity contribution in [2.45, 2.75) is 31.7 Å². The molecule has 0 unspecified atom stereocenters. The van der Waals surface area contributed by atoms with Crippen LogP contribution in [0.15, 0.2) is 35.6 Å². The van der Waals surface area contributed by atoms with Crippen molar-refractivity contribution < 1.29 is 4.74 Å². The quantitative estimate of drug-likeness (QED) is 0.329. The van der Waals surface area contributed by atoms with E-state index in [2.05, 4.69) is 48.1 Å². The predicted octanol–water partition coefficient (Wildman–Crippen LogP) is 5.22. The van der Waals surface area contributed by atoms with Crippen LogP contribution in [0.5, 0.6) is 0 Å². The van der Waals surface area contributed by atoms with Crippen LogP contribution in [0.1, 0.15) is 24.3 Å². The molecule has 0 bridgehead atoms. The van der Waals surface area contributed by atoms with Crippen molar-refractivity contribution in [1.29, 1.82) is 0 Å². The van der Waals surface area contributed by atoms with E-state index in [-0.39, 0.29) is 0 Å². The number of ether oxygens (including phenoxy) is 1. The summed E-state index contributed by atoms with van der Waals surface area (Å²) in [5.41, 5.74) is 3.93. The van der Waals surface area contributed by atoms with E-state index in [9.17, 15) is 0 Å². The number of fused-ring (bicyclic) bond motifs is 1. The summed E-state index contributed by atoms with van der Waals surface area (Å²) in [7, 11) is 1.73. The maximum atomic E-state index is 5.18. The summed E-state index contributed by atoms with van der Waals surface area (Å²) in [5.74, 6) is 0.897. The summed E-state index contributed by atoms with van der Waals surface area (Å²) in [6.45, 7) is 5.12. The van der Waals surface area contributed by atoms with Crippen molar-refractivity contribution in [3.63, 3.8) is 0 Å². The largest absolute Gasteiger partial charge is 0.384 e. The van der Waals surface area contributed by atoms with Crippen LogP contribution in [0, 0.1) is 0 Å². The molecule has 1 aromatic carbocycles. The molecular weight excluding hydrogens is 336 g/mol. The number of hydrogen-bond acceptors (Lipinski definition) is 5. The minimum absolute atomic E-state index is 0.724. The number of benzene rings is 1. The van der Waals surface area contributed by atoms with Crippen LogP contribution >= 0.6 is 23.1 Å². The monoisotopic (exact) mass is 358 g/mol. The molecule has 0 atom stereocenters. The lowest BCUT2D eigenvalue weighted by Gasteiger charge is -2.08. The zero-order valence-electron chi connectivity index (χ0n) is 14.3. The van der Waals surface area contributed by atoms with Gasteiger partial charge in [-0.1, -0.05) is 38.1 Å². The Hall–Kier alpha value is -1.43. The van der Waals surface area contributed by atoms with E-state index in [0.29, 0.717) is 0 Å². The van der Waals surface area contributed by atoms with Crippen molar-refractivity contribution in [2.75, 3.05) is 19.5 Å². The van der Waals surface area contributed by atoms with Gasteiger partial charge in [0, 0.05) is 23.3 Å². The molecule has 0 amide bonds. The Kier molecular flexibility index (Phi) is 5.87. The molecule has 2 aromatic heterocycles. The summed E-state index contributed by atoms with van der Waals surface area (Å²) < 4.78 is 5.18. The molecule has 5 heteroatoms. The minimum atomic E-state index is 0.724. The lowest BCUT2D eigenvalue weighted by molar-refractivity contribution is 0.218. The topological polar surface area (TPSA) is 35.0 Å². The van der Waals surface area contributed by atoms with Gasteiger partial charge in [0.1, 0.15) is 16.2 Å². The van der Waals surface area contributed by atoms with E-state index in [1.54, 1.807) is 36.5 Å². The fraction of sp³-hybridized carbons (Fsp3) is 0.368. The normalized spacial score (nSPS) is 11.3. The molecule has 0 saturated carbocycles. The molecule has 0 aliphatic heterocycles. The van der Waals surface area contributed by atoms with Crippen LogP contribution in [0.2, 0.25) is 0 Å². The smallest absolute Gasteiger partial charge is 0.128 e. The van der Waals surface area contributed by atoms with Gasteiger partial charge in [-0.15, -0.1) is 23.1 Å². The zero-order valence-corrected chi connectivity index (χ0v) is 16.0. The van der Waals surface area contributed by atoms with Crippen molar-refractivity contribution in [3.8, 4) is 11.1 Å². The van der Waals surface area contributed by atoms with Gasteiger partial charge < -0.3 is 4.74 Å². The van der Waals surface area contributed by atoms with Crippen LogP contribution < -0.4 is 0 Å². The van der Waals surface area contributed by atoms with E-state index < -0.39 is 0 Å². The highest BCUT2D eigenvalue weighted by Gasteiger charge is 2.18. The Morgan fingerprint density at radius 2 is 1.88 bits per heavy atom. The molecule has 0 aliphatic carbocycles. The first-order valence-corrected chi connectivity index (χ1v) is 10.1. The molecule has 24 heavy (non-hydrogen) atoms. The highest BCUT2D eigenvalue weighted by molar-refractivity contribution is 7.99. The summed E-state index contributed by atoms with van der Waals surface area (Å²) in [6, 6.07) is 8.91. The van der Waals surface area contributed by atoms with Gasteiger partial charge in [0.25, 0.3) is 0 Å². The van der Waals surface area contributed by atoms with Crippen molar-refractivity contribution >= 4 is 33.3 Å². The molecule has 3 nitrogen and oxygen atoms in total. The second-order valence-electron chi connectivity index (χ2n) is 5.50. The number of rotatable bonds is 7. The molecule has 0 saturated heterocycles. The predicted molar refractivity (Wildman–Crippen MR) is 104 cm³/mol. The van der Waals surface area contributed by atoms with E-state index in [1.807, 2.05) is 0 Å². The molecule has 0 aliphatic rings. The number of aromatic nitrogens is 2. The first-order chi connectivity index (χ1) is 11.8. The van der Waals surface area contributed by atoms with Gasteiger partial charge in [-0.05, 0) is 24.0 Å². The first kappa shape index (κ1) is 17.4. The molecule has 0 radical (unpaired) electrons. The van der Waals surface area contributed by atoms with E-state index in [4.69, 9.17) is 4.74 Å². The second kappa shape index (κ2) is 8.10. The Balaban J connectivity index is 2.12. The maximum Gasteiger partial charge on any atom is 0.128 e. The lowest BCUT2D eigenvalue weighted by Crippen LogP contribution is -1.94. The summed E-state index contributed by atoms with van der Waals surface area (Å²) in [6.07, 6.45) is 3.75. The average molecular weight is 359 g/mol. The van der Waals surface area contributed by atoms with Crippen molar-refractivity contribution in [2.24, 2.45) is 0 Å². The third-order valence-corrected chi connectivity index (χ3v) is 6.22. The maximum absolute atomic E-state index is 5.18. The highest BCUT2D eigenvalue weighted by atomic mass is 32.2. The lowest BCUT2D eigenvalue weighted by atomic mass is 10.0. The molecule has 0 fully saturated rings. The first-order valence-electron chi connectivity index (χ1n) is 8.25. The number of methoxy groups -OCH3 is 1. The summed E-state index contributed by atoms with van der Waals surface area (Å²) in [4.78, 5) is 11.5. The summed E-state index contributed by atoms with van der Waals surface area (Å²) >= 11 is 3.53. The number of hydrogen-bond donors (Lipinski definition) is 0. The van der Waals surface area contributed by atoms with Gasteiger partial charge in [-0.3, -0.25) is 0 Å². The summed E-state index contributed by atoms with van der Waals surface area (Å²) in [5, 5.41) is 2.26. The van der Waals surface area contributed by atoms with E-state index >= 15 is 0 Å². The minimum Gasteiger partial charge on any atom is -0.384 e. The standard InChI is InChI=1S/C19H22N2OS2/c1-4-13-6-8-14(9-7-13)16-15(5-2)24-19-17(16)18(20-12-21-19)23-11-10-22-3/h6-9,12H,4-5,10-11H2,1-3H3. The van der Waals surface area contributed by atoms with Gasteiger partial charge in [0.15, 0.2) is 0 Å². The van der Waals surface area contributed by atoms with E-state index in [0.717, 1.165) is 35.1 Å². The Labute approximate surface area is 151 Å². The van der Waals surface area contributed by atoms with Crippen LogP contribution in [0.4, 0.5) is 0 Å². The van der Waals surface area contributed by atoms with Crippen LogP contribution in [0.25, 0.3) is 21.3 Å². The fourth-order valence-corrected chi connectivity index (χ4v) is 4.82. The van der Waals surface area contributed by atoms with Crippen LogP contribution in [-0.4, -0.2) is 29.4 Å². The van der Waals surface area contributed by atoms with Gasteiger partial charge in [0.2, 0.25) is 0 Å². The van der Waals surface area contributed by atoms with Gasteiger partial charge in [-0.2, -0.15) is 0 Å².